The number of likely N-dealkylation sites (tertiary alicyclic amines) is 1. The number of rotatable bonds is 6. The normalized spacial score (nSPS) is 30.5. The van der Waals surface area contributed by atoms with Crippen LogP contribution < -0.4 is 5.32 Å². The molecular weight excluding hydrogens is 335 g/mol. The van der Waals surface area contributed by atoms with E-state index >= 15 is 0 Å². The number of nitrogens with zero attached hydrogens (tertiary/aromatic N) is 5. The zero-order valence-electron chi connectivity index (χ0n) is 15.4. The predicted molar refractivity (Wildman–Crippen MR) is 93.5 cm³/mol. The summed E-state index contributed by atoms with van der Waals surface area (Å²) >= 11 is 0. The Morgan fingerprint density at radius 3 is 2.88 bits per heavy atom. The third-order valence-electron chi connectivity index (χ3n) is 6.23. The average molecular weight is 362 g/mol. The van der Waals surface area contributed by atoms with Gasteiger partial charge in [0.25, 0.3) is 0 Å². The van der Waals surface area contributed by atoms with Crippen LogP contribution in [0.25, 0.3) is 0 Å². The number of nitriles is 1. The lowest BCUT2D eigenvalue weighted by atomic mass is 9.75. The summed E-state index contributed by atoms with van der Waals surface area (Å²) < 4.78 is 15.3. The molecule has 1 saturated carbocycles. The van der Waals surface area contributed by atoms with Gasteiger partial charge in [-0.15, -0.1) is 0 Å². The Labute approximate surface area is 153 Å². The fraction of sp³-hybridized carbons (Fsp3) is 0.778. The van der Waals surface area contributed by atoms with E-state index < -0.39 is 12.2 Å². The van der Waals surface area contributed by atoms with Crippen LogP contribution in [-0.2, 0) is 11.3 Å². The van der Waals surface area contributed by atoms with Gasteiger partial charge in [-0.25, -0.2) is 9.37 Å². The fourth-order valence-corrected chi connectivity index (χ4v) is 4.36. The molecule has 2 aliphatic rings. The van der Waals surface area contributed by atoms with Gasteiger partial charge in [-0.1, -0.05) is 13.8 Å². The maximum Gasteiger partial charge on any atom is 0.237 e. The van der Waals surface area contributed by atoms with Crippen molar-refractivity contribution >= 4 is 5.91 Å². The molecule has 3 rings (SSSR count). The largest absolute Gasteiger partial charge is 0.323 e. The van der Waals surface area contributed by atoms with E-state index in [1.807, 2.05) is 10.8 Å². The quantitative estimate of drug-likeness (QED) is 0.826. The SMILES string of the molecule is CC1(C)C(CNCC(=O)N2CC(F)CC2C#N)CCC1Cn1cncn1. The third kappa shape index (κ3) is 3.88. The van der Waals surface area contributed by atoms with Crippen LogP contribution in [0.15, 0.2) is 12.7 Å². The van der Waals surface area contributed by atoms with Gasteiger partial charge in [-0.2, -0.15) is 10.4 Å². The van der Waals surface area contributed by atoms with E-state index in [9.17, 15) is 9.18 Å². The minimum absolute atomic E-state index is 0.0354. The van der Waals surface area contributed by atoms with Gasteiger partial charge in [0.1, 0.15) is 24.9 Å². The molecular formula is C18H27FN6O. The predicted octanol–water partition coefficient (Wildman–Crippen LogP) is 1.38. The number of nitrogens with one attached hydrogen (secondary N) is 1. The number of halogens is 1. The van der Waals surface area contributed by atoms with Gasteiger partial charge in [-0.05, 0) is 36.6 Å². The molecule has 1 aliphatic heterocycles. The lowest BCUT2D eigenvalue weighted by Gasteiger charge is -2.33. The molecule has 8 heteroatoms. The minimum Gasteiger partial charge on any atom is -0.323 e. The number of aromatic nitrogens is 3. The van der Waals surface area contributed by atoms with Crippen LogP contribution in [0.2, 0.25) is 0 Å². The Morgan fingerprint density at radius 2 is 2.19 bits per heavy atom. The molecule has 1 amide bonds. The highest BCUT2D eigenvalue weighted by Crippen LogP contribution is 2.47. The van der Waals surface area contributed by atoms with Gasteiger partial charge in [0, 0.05) is 13.0 Å². The van der Waals surface area contributed by atoms with E-state index in [4.69, 9.17) is 5.26 Å². The molecule has 2 heterocycles. The summed E-state index contributed by atoms with van der Waals surface area (Å²) in [5.74, 6) is 0.787. The van der Waals surface area contributed by atoms with Crippen molar-refractivity contribution in [2.75, 3.05) is 19.6 Å². The molecule has 0 bridgehead atoms. The molecule has 0 aromatic carbocycles. The van der Waals surface area contributed by atoms with E-state index in [2.05, 4.69) is 29.2 Å². The van der Waals surface area contributed by atoms with Crippen molar-refractivity contribution in [1.82, 2.24) is 25.0 Å². The van der Waals surface area contributed by atoms with E-state index in [1.165, 1.54) is 4.90 Å². The summed E-state index contributed by atoms with van der Waals surface area (Å²) in [5.41, 5.74) is 0.134. The van der Waals surface area contributed by atoms with E-state index in [-0.39, 0.29) is 30.8 Å². The molecule has 1 aromatic heterocycles. The number of alkyl halides is 1. The maximum atomic E-state index is 13.5. The number of amides is 1. The molecule has 142 valence electrons. The first-order chi connectivity index (χ1) is 12.4. The van der Waals surface area contributed by atoms with Crippen molar-refractivity contribution in [1.29, 1.82) is 5.26 Å². The summed E-state index contributed by atoms with van der Waals surface area (Å²) in [6.07, 6.45) is 4.57. The van der Waals surface area contributed by atoms with E-state index in [1.54, 1.807) is 12.7 Å². The molecule has 0 radical (unpaired) electrons. The monoisotopic (exact) mass is 362 g/mol. The van der Waals surface area contributed by atoms with E-state index in [0.717, 1.165) is 25.9 Å². The second-order valence-corrected chi connectivity index (χ2v) is 8.06. The number of hydrogen-bond acceptors (Lipinski definition) is 5. The lowest BCUT2D eigenvalue weighted by molar-refractivity contribution is -0.130. The van der Waals surface area contributed by atoms with Crippen molar-refractivity contribution in [3.63, 3.8) is 0 Å². The van der Waals surface area contributed by atoms with Crippen LogP contribution in [0.4, 0.5) is 4.39 Å². The minimum atomic E-state index is -1.09. The molecule has 1 N–H and O–H groups in total. The van der Waals surface area contributed by atoms with E-state index in [0.29, 0.717) is 11.8 Å². The maximum absolute atomic E-state index is 13.5. The number of carbonyl (C=O) groups excluding carboxylic acids is 1. The van der Waals surface area contributed by atoms with Crippen LogP contribution in [0.1, 0.15) is 33.1 Å². The Kier molecular flexibility index (Phi) is 5.56. The van der Waals surface area contributed by atoms with Crippen LogP contribution in [0.5, 0.6) is 0 Å². The fourth-order valence-electron chi connectivity index (χ4n) is 4.36. The number of carbonyl (C=O) groups is 1. The lowest BCUT2D eigenvalue weighted by Crippen LogP contribution is -2.43. The van der Waals surface area contributed by atoms with Gasteiger partial charge in [0.2, 0.25) is 5.91 Å². The topological polar surface area (TPSA) is 86.8 Å². The van der Waals surface area contributed by atoms with Crippen LogP contribution in [-0.4, -0.2) is 57.4 Å². The molecule has 4 atom stereocenters. The summed E-state index contributed by atoms with van der Waals surface area (Å²) in [7, 11) is 0. The second kappa shape index (κ2) is 7.70. The van der Waals surface area contributed by atoms with Crippen molar-refractivity contribution in [2.24, 2.45) is 17.3 Å². The summed E-state index contributed by atoms with van der Waals surface area (Å²) in [6, 6.07) is 1.39. The summed E-state index contributed by atoms with van der Waals surface area (Å²) in [6.45, 7) is 6.35. The highest BCUT2D eigenvalue weighted by atomic mass is 19.1. The van der Waals surface area contributed by atoms with Crippen LogP contribution in [0.3, 0.4) is 0 Å². The Balaban J connectivity index is 1.47. The third-order valence-corrected chi connectivity index (χ3v) is 6.23. The zero-order valence-corrected chi connectivity index (χ0v) is 15.4. The Hall–Kier alpha value is -2.01. The smallest absolute Gasteiger partial charge is 0.237 e. The molecule has 0 spiro atoms. The zero-order chi connectivity index (χ0) is 18.7. The standard InChI is InChI=1S/C18H27FN6O/c1-18(2)13(3-4-14(18)9-24-12-22-11-23-24)7-21-8-17(26)25-10-15(19)5-16(25)6-20/h11-16,21H,3-5,7-10H2,1-2H3. The first-order valence-electron chi connectivity index (χ1n) is 9.28. The van der Waals surface area contributed by atoms with Gasteiger partial charge in [-0.3, -0.25) is 9.48 Å². The molecule has 2 fully saturated rings. The molecule has 1 aromatic rings. The Morgan fingerprint density at radius 1 is 1.42 bits per heavy atom. The molecule has 1 aliphatic carbocycles. The molecule has 4 unspecified atom stereocenters. The highest BCUT2D eigenvalue weighted by Gasteiger charge is 2.43. The van der Waals surface area contributed by atoms with Gasteiger partial charge < -0.3 is 10.2 Å². The first-order valence-corrected chi connectivity index (χ1v) is 9.28. The average Bonchev–Trinajstić information content (AvgIpc) is 3.30. The number of hydrogen-bond donors (Lipinski definition) is 1. The van der Waals surface area contributed by atoms with Crippen molar-refractivity contribution < 1.29 is 9.18 Å². The first kappa shape index (κ1) is 18.8. The second-order valence-electron chi connectivity index (χ2n) is 8.06. The van der Waals surface area contributed by atoms with Crippen LogP contribution >= 0.6 is 0 Å². The van der Waals surface area contributed by atoms with Gasteiger partial charge in [0.15, 0.2) is 0 Å². The molecule has 26 heavy (non-hydrogen) atoms. The molecule has 1 saturated heterocycles. The Bertz CT molecular complexity index is 655. The summed E-state index contributed by atoms with van der Waals surface area (Å²) in [4.78, 5) is 17.7. The van der Waals surface area contributed by atoms with Crippen molar-refractivity contribution in [3.05, 3.63) is 12.7 Å². The summed E-state index contributed by atoms with van der Waals surface area (Å²) in [5, 5.41) is 16.5. The van der Waals surface area contributed by atoms with Gasteiger partial charge in [0.05, 0.1) is 19.2 Å². The molecule has 7 nitrogen and oxygen atoms in total. The van der Waals surface area contributed by atoms with Crippen molar-refractivity contribution in [3.8, 4) is 6.07 Å². The van der Waals surface area contributed by atoms with Crippen LogP contribution in [0, 0.1) is 28.6 Å². The van der Waals surface area contributed by atoms with Crippen molar-refractivity contribution in [2.45, 2.75) is 51.9 Å². The van der Waals surface area contributed by atoms with Gasteiger partial charge >= 0.3 is 0 Å². The highest BCUT2D eigenvalue weighted by molar-refractivity contribution is 5.79.